The minimum Gasteiger partial charge on any atom is -0.325 e. The Morgan fingerprint density at radius 1 is 1.35 bits per heavy atom. The van der Waals surface area contributed by atoms with Crippen LogP contribution in [-0.2, 0) is 17.5 Å². The van der Waals surface area contributed by atoms with Gasteiger partial charge in [0.2, 0.25) is 5.91 Å². The number of nitrogens with zero attached hydrogens (tertiary/aromatic N) is 2. The molecule has 1 aromatic carbocycles. The Bertz CT molecular complexity index is 1030. The molecule has 0 aliphatic rings. The molecule has 3 rings (SSSR count). The zero-order chi connectivity index (χ0) is 18.9. The summed E-state index contributed by atoms with van der Waals surface area (Å²) in [4.78, 5) is 29.1. The highest BCUT2D eigenvalue weighted by Gasteiger charge is 2.30. The fourth-order valence-corrected chi connectivity index (χ4v) is 3.67. The number of fused-ring (bicyclic) bond motifs is 1. The smallest absolute Gasteiger partial charge is 0.325 e. The molecular weight excluding hydrogens is 387 g/mol. The molecule has 26 heavy (non-hydrogen) atoms. The second kappa shape index (κ2) is 7.12. The van der Waals surface area contributed by atoms with Gasteiger partial charge < -0.3 is 5.32 Å². The molecule has 2 heterocycles. The van der Waals surface area contributed by atoms with Crippen LogP contribution >= 0.6 is 23.1 Å². The van der Waals surface area contributed by atoms with Crippen molar-refractivity contribution < 1.29 is 18.0 Å². The number of hydrogen-bond donors (Lipinski definition) is 1. The minimum absolute atomic E-state index is 0.00809. The van der Waals surface area contributed by atoms with Gasteiger partial charge in [-0.2, -0.15) is 13.2 Å². The summed E-state index contributed by atoms with van der Waals surface area (Å²) in [6.07, 6.45) is -2.78. The second-order valence-corrected chi connectivity index (χ2v) is 6.94. The van der Waals surface area contributed by atoms with Crippen molar-refractivity contribution >= 4 is 44.9 Å². The van der Waals surface area contributed by atoms with Crippen molar-refractivity contribution in [2.24, 2.45) is 0 Å². The van der Waals surface area contributed by atoms with Crippen molar-refractivity contribution in [3.63, 3.8) is 0 Å². The number of amides is 1. The maximum absolute atomic E-state index is 12.8. The summed E-state index contributed by atoms with van der Waals surface area (Å²) in [5.74, 6) is -0.612. The van der Waals surface area contributed by atoms with Crippen LogP contribution in [0.3, 0.4) is 0 Å². The number of rotatable bonds is 4. The lowest BCUT2D eigenvalue weighted by molar-refractivity contribution is -0.137. The minimum atomic E-state index is -4.50. The van der Waals surface area contributed by atoms with Crippen molar-refractivity contribution in [3.8, 4) is 0 Å². The van der Waals surface area contributed by atoms with Gasteiger partial charge in [-0.3, -0.25) is 14.2 Å². The number of halogens is 3. The summed E-state index contributed by atoms with van der Waals surface area (Å²) < 4.78 is 39.9. The zero-order valence-electron chi connectivity index (χ0n) is 13.3. The molecule has 0 fully saturated rings. The third-order valence-corrected chi connectivity index (χ3v) is 5.06. The van der Waals surface area contributed by atoms with E-state index in [0.717, 1.165) is 12.1 Å². The number of anilines is 1. The molecule has 0 aliphatic carbocycles. The normalized spacial score (nSPS) is 11.7. The Morgan fingerprint density at radius 2 is 2.12 bits per heavy atom. The van der Waals surface area contributed by atoms with Crippen LogP contribution in [0.25, 0.3) is 10.2 Å². The van der Waals surface area contributed by atoms with E-state index in [2.05, 4.69) is 10.3 Å². The number of alkyl halides is 3. The molecule has 1 N–H and O–H groups in total. The molecule has 0 bridgehead atoms. The van der Waals surface area contributed by atoms with E-state index in [1.54, 1.807) is 17.7 Å². The number of aromatic nitrogens is 2. The van der Waals surface area contributed by atoms with Gasteiger partial charge in [0.25, 0.3) is 5.56 Å². The summed E-state index contributed by atoms with van der Waals surface area (Å²) in [5.41, 5.74) is -0.653. The molecule has 0 saturated heterocycles. The first-order chi connectivity index (χ1) is 12.3. The van der Waals surface area contributed by atoms with E-state index in [0.29, 0.717) is 15.4 Å². The fourth-order valence-electron chi connectivity index (χ4n) is 2.34. The van der Waals surface area contributed by atoms with Crippen LogP contribution in [-0.4, -0.2) is 21.7 Å². The molecule has 0 aliphatic heterocycles. The Labute approximate surface area is 153 Å². The molecule has 136 valence electrons. The lowest BCUT2D eigenvalue weighted by Crippen LogP contribution is -2.29. The number of hydrogen-bond acceptors (Lipinski definition) is 5. The van der Waals surface area contributed by atoms with Crippen molar-refractivity contribution in [1.29, 1.82) is 0 Å². The first-order valence-corrected chi connectivity index (χ1v) is 9.39. The molecule has 0 saturated carbocycles. The second-order valence-electron chi connectivity index (χ2n) is 5.25. The van der Waals surface area contributed by atoms with E-state index < -0.39 is 17.6 Å². The predicted octanol–water partition coefficient (Wildman–Crippen LogP) is 3.84. The van der Waals surface area contributed by atoms with E-state index in [1.165, 1.54) is 39.8 Å². The average molecular weight is 399 g/mol. The quantitative estimate of drug-likeness (QED) is 0.535. The van der Waals surface area contributed by atoms with Crippen LogP contribution in [0.5, 0.6) is 0 Å². The summed E-state index contributed by atoms with van der Waals surface area (Å²) in [6.45, 7) is -0.341. The van der Waals surface area contributed by atoms with E-state index in [9.17, 15) is 22.8 Å². The number of benzene rings is 1. The highest BCUT2D eigenvalue weighted by atomic mass is 32.2. The first-order valence-electron chi connectivity index (χ1n) is 7.28. The Hall–Kier alpha value is -2.33. The van der Waals surface area contributed by atoms with Gasteiger partial charge in [0.15, 0.2) is 5.16 Å². The van der Waals surface area contributed by atoms with Crippen molar-refractivity contribution in [3.05, 3.63) is 51.6 Å². The van der Waals surface area contributed by atoms with E-state index in [-0.39, 0.29) is 17.8 Å². The summed E-state index contributed by atoms with van der Waals surface area (Å²) in [6, 6.07) is 6.04. The summed E-state index contributed by atoms with van der Waals surface area (Å²) >= 11 is 2.43. The van der Waals surface area contributed by atoms with Crippen LogP contribution in [0.15, 0.2) is 45.7 Å². The largest absolute Gasteiger partial charge is 0.416 e. The molecule has 10 heteroatoms. The van der Waals surface area contributed by atoms with Crippen LogP contribution in [0.1, 0.15) is 5.56 Å². The van der Waals surface area contributed by atoms with Crippen LogP contribution in [0, 0.1) is 0 Å². The van der Waals surface area contributed by atoms with Gasteiger partial charge >= 0.3 is 6.18 Å². The molecule has 5 nitrogen and oxygen atoms in total. The molecule has 0 spiro atoms. The highest BCUT2D eigenvalue weighted by molar-refractivity contribution is 7.98. The van der Waals surface area contributed by atoms with Gasteiger partial charge in [-0.1, -0.05) is 17.8 Å². The van der Waals surface area contributed by atoms with E-state index in [4.69, 9.17) is 0 Å². The van der Waals surface area contributed by atoms with Crippen molar-refractivity contribution in [2.75, 3.05) is 11.6 Å². The summed E-state index contributed by atoms with van der Waals surface area (Å²) in [5, 5.41) is 4.48. The topological polar surface area (TPSA) is 64.0 Å². The lowest BCUT2D eigenvalue weighted by Gasteiger charge is -2.12. The number of thioether (sulfide) groups is 1. The Balaban J connectivity index is 1.86. The van der Waals surface area contributed by atoms with Crippen molar-refractivity contribution in [1.82, 2.24) is 9.55 Å². The van der Waals surface area contributed by atoms with E-state index >= 15 is 0 Å². The molecule has 0 radical (unpaired) electrons. The van der Waals surface area contributed by atoms with Gasteiger partial charge in [0.05, 0.1) is 11.1 Å². The average Bonchev–Trinajstić information content (AvgIpc) is 3.05. The SMILES string of the molecule is CSc1nc2ccsc2c(=O)n1CC(=O)Nc1cccc(C(F)(F)F)c1. The number of carbonyl (C=O) groups is 1. The standard InChI is InChI=1S/C16H12F3N3O2S2/c1-25-15-21-11-5-6-26-13(11)14(24)22(15)8-12(23)20-10-4-2-3-9(7-10)16(17,18)19/h2-7H,8H2,1H3,(H,20,23). The first kappa shape index (κ1) is 18.5. The molecule has 2 aromatic heterocycles. The van der Waals surface area contributed by atoms with Gasteiger partial charge in [0, 0.05) is 5.69 Å². The molecule has 0 unspecified atom stereocenters. The maximum atomic E-state index is 12.8. The maximum Gasteiger partial charge on any atom is 0.416 e. The van der Waals surface area contributed by atoms with Gasteiger partial charge in [-0.15, -0.1) is 11.3 Å². The fraction of sp³-hybridized carbons (Fsp3) is 0.188. The number of carbonyl (C=O) groups excluding carboxylic acids is 1. The zero-order valence-corrected chi connectivity index (χ0v) is 15.0. The molecule has 3 aromatic rings. The van der Waals surface area contributed by atoms with Gasteiger partial charge in [-0.05, 0) is 35.9 Å². The Kier molecular flexibility index (Phi) is 5.05. The van der Waals surface area contributed by atoms with Crippen LogP contribution in [0.4, 0.5) is 18.9 Å². The molecule has 0 atom stereocenters. The summed E-state index contributed by atoms with van der Waals surface area (Å²) in [7, 11) is 0. The lowest BCUT2D eigenvalue weighted by atomic mass is 10.2. The third-order valence-electron chi connectivity index (χ3n) is 3.49. The third kappa shape index (κ3) is 3.75. The Morgan fingerprint density at radius 3 is 2.81 bits per heavy atom. The monoisotopic (exact) mass is 399 g/mol. The van der Waals surface area contributed by atoms with E-state index in [1.807, 2.05) is 0 Å². The van der Waals surface area contributed by atoms with Crippen LogP contribution in [0.2, 0.25) is 0 Å². The van der Waals surface area contributed by atoms with Crippen molar-refractivity contribution in [2.45, 2.75) is 17.9 Å². The predicted molar refractivity (Wildman–Crippen MR) is 95.7 cm³/mol. The molecule has 1 amide bonds. The molecular formula is C16H12F3N3O2S2. The number of nitrogens with one attached hydrogen (secondary N) is 1. The van der Waals surface area contributed by atoms with Gasteiger partial charge in [-0.25, -0.2) is 4.98 Å². The number of thiophene rings is 1. The van der Waals surface area contributed by atoms with Gasteiger partial charge in [0.1, 0.15) is 11.2 Å². The van der Waals surface area contributed by atoms with Crippen LogP contribution < -0.4 is 10.9 Å². The highest BCUT2D eigenvalue weighted by Crippen LogP contribution is 2.30.